The minimum absolute atomic E-state index is 0.0704. The molecule has 0 radical (unpaired) electrons. The number of benzene rings is 2. The average Bonchev–Trinajstić information content (AvgIpc) is 2.64. The summed E-state index contributed by atoms with van der Waals surface area (Å²) < 4.78 is 1.92. The Balaban J connectivity index is 1.82. The van der Waals surface area contributed by atoms with Crippen molar-refractivity contribution >= 4 is 41.1 Å². The van der Waals surface area contributed by atoms with Crippen LogP contribution < -0.4 is 4.57 Å². The van der Waals surface area contributed by atoms with E-state index in [9.17, 15) is 4.79 Å². The Morgan fingerprint density at radius 1 is 0.880 bits per heavy atom. The molecule has 0 unspecified atom stereocenters. The topological polar surface area (TPSA) is 20.9 Å². The molecular formula is C21H16Cl2NO+. The summed E-state index contributed by atoms with van der Waals surface area (Å²) in [5, 5.41) is 1.05. The molecule has 124 valence electrons. The number of carbonyl (C=O) groups is 1. The highest BCUT2D eigenvalue weighted by Crippen LogP contribution is 2.23. The molecule has 0 aliphatic rings. The fourth-order valence-electron chi connectivity index (χ4n) is 2.45. The first-order valence-corrected chi connectivity index (χ1v) is 8.59. The van der Waals surface area contributed by atoms with E-state index in [4.69, 9.17) is 23.2 Å². The Morgan fingerprint density at radius 2 is 1.64 bits per heavy atom. The van der Waals surface area contributed by atoms with Gasteiger partial charge in [0.1, 0.15) is 0 Å². The maximum atomic E-state index is 12.4. The molecule has 0 amide bonds. The number of ketones is 1. The van der Waals surface area contributed by atoms with Crippen molar-refractivity contribution in [3.05, 3.63) is 99.8 Å². The number of pyridine rings is 1. The minimum atomic E-state index is 0.0704. The molecule has 25 heavy (non-hydrogen) atoms. The van der Waals surface area contributed by atoms with Crippen molar-refractivity contribution in [3.8, 4) is 0 Å². The van der Waals surface area contributed by atoms with Crippen LogP contribution in [-0.4, -0.2) is 5.78 Å². The zero-order chi connectivity index (χ0) is 17.6. The summed E-state index contributed by atoms with van der Waals surface area (Å²) in [6.45, 7) is 0.284. The van der Waals surface area contributed by atoms with Crippen LogP contribution in [0.15, 0.2) is 72.9 Å². The highest BCUT2D eigenvalue weighted by Gasteiger charge is 2.14. The van der Waals surface area contributed by atoms with Crippen LogP contribution >= 0.6 is 23.2 Å². The van der Waals surface area contributed by atoms with Crippen LogP contribution in [0.5, 0.6) is 0 Å². The number of Topliss-reactive ketones (excluding diaryl/α,β-unsaturated/α-hetero) is 1. The number of carbonyl (C=O) groups excluding carboxylic acids is 1. The summed E-state index contributed by atoms with van der Waals surface area (Å²) in [7, 11) is 0. The van der Waals surface area contributed by atoms with E-state index in [0.29, 0.717) is 15.6 Å². The molecule has 4 heteroatoms. The van der Waals surface area contributed by atoms with Crippen molar-refractivity contribution in [2.75, 3.05) is 0 Å². The second-order valence-electron chi connectivity index (χ2n) is 5.55. The molecule has 0 aliphatic heterocycles. The highest BCUT2D eigenvalue weighted by molar-refractivity contribution is 6.42. The molecule has 1 heterocycles. The van der Waals surface area contributed by atoms with Crippen LogP contribution in [0.2, 0.25) is 10.0 Å². The number of rotatable bonds is 5. The third-order valence-corrected chi connectivity index (χ3v) is 4.51. The second kappa shape index (κ2) is 8.11. The molecule has 3 aromatic rings. The van der Waals surface area contributed by atoms with Gasteiger partial charge < -0.3 is 0 Å². The normalized spacial score (nSPS) is 11.0. The number of halogens is 2. The van der Waals surface area contributed by atoms with Gasteiger partial charge in [-0.3, -0.25) is 4.79 Å². The third-order valence-electron chi connectivity index (χ3n) is 3.78. The monoisotopic (exact) mass is 368 g/mol. The van der Waals surface area contributed by atoms with Crippen molar-refractivity contribution < 1.29 is 9.36 Å². The number of aromatic nitrogens is 1. The van der Waals surface area contributed by atoms with Crippen LogP contribution in [0, 0.1) is 0 Å². The van der Waals surface area contributed by atoms with E-state index in [1.165, 1.54) is 0 Å². The molecule has 0 N–H and O–H groups in total. The maximum Gasteiger partial charge on any atom is 0.227 e. The van der Waals surface area contributed by atoms with E-state index >= 15 is 0 Å². The van der Waals surface area contributed by atoms with E-state index in [1.54, 1.807) is 6.07 Å². The number of hydrogen-bond donors (Lipinski definition) is 0. The lowest BCUT2D eigenvalue weighted by Gasteiger charge is -2.01. The molecule has 0 atom stereocenters. The first-order valence-electron chi connectivity index (χ1n) is 7.83. The molecule has 0 fully saturated rings. The number of hydrogen-bond acceptors (Lipinski definition) is 1. The van der Waals surface area contributed by atoms with E-state index in [-0.39, 0.29) is 12.3 Å². The van der Waals surface area contributed by atoms with Gasteiger partial charge in [0, 0.05) is 23.8 Å². The van der Waals surface area contributed by atoms with Gasteiger partial charge >= 0.3 is 0 Å². The largest absolute Gasteiger partial charge is 0.287 e. The molecule has 2 aromatic carbocycles. The smallest absolute Gasteiger partial charge is 0.227 e. The standard InChI is InChI=1S/C21H16Cl2NO/c22-19-12-10-16(14-20(19)23)9-11-18-8-4-5-13-24(18)15-21(25)17-6-2-1-3-7-17/h1-14H,15H2/q+1/b11-9+. The molecule has 2 nitrogen and oxygen atoms in total. The average molecular weight is 369 g/mol. The van der Waals surface area contributed by atoms with Gasteiger partial charge in [-0.25, -0.2) is 0 Å². The molecule has 0 aliphatic carbocycles. The van der Waals surface area contributed by atoms with Gasteiger partial charge in [-0.15, -0.1) is 0 Å². The molecule has 0 saturated carbocycles. The van der Waals surface area contributed by atoms with Crippen LogP contribution in [0.3, 0.4) is 0 Å². The van der Waals surface area contributed by atoms with Crippen LogP contribution in [-0.2, 0) is 6.54 Å². The molecule has 0 bridgehead atoms. The van der Waals surface area contributed by atoms with Gasteiger partial charge in [-0.1, -0.05) is 59.6 Å². The fourth-order valence-corrected chi connectivity index (χ4v) is 2.76. The molecule has 0 spiro atoms. The Bertz CT molecular complexity index is 920. The zero-order valence-electron chi connectivity index (χ0n) is 13.4. The van der Waals surface area contributed by atoms with E-state index in [2.05, 4.69) is 0 Å². The van der Waals surface area contributed by atoms with Gasteiger partial charge in [-0.05, 0) is 29.8 Å². The summed E-state index contributed by atoms with van der Waals surface area (Å²) in [4.78, 5) is 12.4. The van der Waals surface area contributed by atoms with Crippen molar-refractivity contribution in [2.45, 2.75) is 6.54 Å². The van der Waals surface area contributed by atoms with Gasteiger partial charge in [0.25, 0.3) is 0 Å². The SMILES string of the molecule is O=C(C[n+]1ccccc1/C=C/c1ccc(Cl)c(Cl)c1)c1ccccc1. The third kappa shape index (κ3) is 4.56. The van der Waals surface area contributed by atoms with Crippen LogP contribution in [0.4, 0.5) is 0 Å². The van der Waals surface area contributed by atoms with Crippen molar-refractivity contribution in [2.24, 2.45) is 0 Å². The molecule has 0 saturated heterocycles. The van der Waals surface area contributed by atoms with Gasteiger partial charge in [0.2, 0.25) is 18.0 Å². The highest BCUT2D eigenvalue weighted by atomic mass is 35.5. The zero-order valence-corrected chi connectivity index (χ0v) is 14.9. The summed E-state index contributed by atoms with van der Waals surface area (Å²) in [5.74, 6) is 0.0704. The quantitative estimate of drug-likeness (QED) is 0.440. The Hall–Kier alpha value is -2.42. The van der Waals surface area contributed by atoms with Crippen LogP contribution in [0.1, 0.15) is 21.6 Å². The maximum absolute atomic E-state index is 12.4. The number of nitrogens with zero attached hydrogens (tertiary/aromatic N) is 1. The predicted molar refractivity (Wildman–Crippen MR) is 103 cm³/mol. The Kier molecular flexibility index (Phi) is 5.64. The molecular weight excluding hydrogens is 353 g/mol. The first-order chi connectivity index (χ1) is 12.1. The minimum Gasteiger partial charge on any atom is -0.287 e. The first kappa shape index (κ1) is 17.4. The van der Waals surface area contributed by atoms with Crippen LogP contribution in [0.25, 0.3) is 12.2 Å². The lowest BCUT2D eigenvalue weighted by molar-refractivity contribution is -0.684. The summed E-state index contributed by atoms with van der Waals surface area (Å²) in [6.07, 6.45) is 5.80. The summed E-state index contributed by atoms with van der Waals surface area (Å²) >= 11 is 12.0. The predicted octanol–water partition coefficient (Wildman–Crippen LogP) is 5.33. The summed E-state index contributed by atoms with van der Waals surface area (Å²) in [6, 6.07) is 20.6. The van der Waals surface area contributed by atoms with E-state index in [1.807, 2.05) is 83.6 Å². The molecule has 1 aromatic heterocycles. The van der Waals surface area contributed by atoms with Crippen molar-refractivity contribution in [1.82, 2.24) is 0 Å². The van der Waals surface area contributed by atoms with Crippen molar-refractivity contribution in [1.29, 1.82) is 0 Å². The lowest BCUT2D eigenvalue weighted by Crippen LogP contribution is -2.40. The molecule has 3 rings (SSSR count). The Morgan fingerprint density at radius 3 is 2.40 bits per heavy atom. The fraction of sp³-hybridized carbons (Fsp3) is 0.0476. The van der Waals surface area contributed by atoms with Gasteiger partial charge in [-0.2, -0.15) is 4.57 Å². The van der Waals surface area contributed by atoms with Crippen molar-refractivity contribution in [3.63, 3.8) is 0 Å². The van der Waals surface area contributed by atoms with Gasteiger partial charge in [0.15, 0.2) is 6.20 Å². The second-order valence-corrected chi connectivity index (χ2v) is 6.36. The van der Waals surface area contributed by atoms with E-state index < -0.39 is 0 Å². The van der Waals surface area contributed by atoms with Gasteiger partial charge in [0.05, 0.1) is 10.0 Å². The lowest BCUT2D eigenvalue weighted by atomic mass is 10.1. The van der Waals surface area contributed by atoms with E-state index in [0.717, 1.165) is 11.3 Å². The summed E-state index contributed by atoms with van der Waals surface area (Å²) in [5.41, 5.74) is 2.58. The Labute approximate surface area is 157 Å².